The van der Waals surface area contributed by atoms with Crippen molar-refractivity contribution in [2.24, 2.45) is 0 Å². The number of benzene rings is 2. The Hall–Kier alpha value is -3.01. The molecule has 1 amide bonds. The smallest absolute Gasteiger partial charge is 0.224 e. The van der Waals surface area contributed by atoms with E-state index in [0.29, 0.717) is 11.3 Å². The fourth-order valence-corrected chi connectivity index (χ4v) is 2.41. The van der Waals surface area contributed by atoms with E-state index in [9.17, 15) is 9.59 Å². The van der Waals surface area contributed by atoms with Crippen LogP contribution in [-0.4, -0.2) is 16.7 Å². The monoisotopic (exact) mass is 304 g/mol. The van der Waals surface area contributed by atoms with Crippen molar-refractivity contribution in [2.45, 2.75) is 12.8 Å². The van der Waals surface area contributed by atoms with Crippen LogP contribution in [0.2, 0.25) is 0 Å². The van der Waals surface area contributed by atoms with Gasteiger partial charge in [0.2, 0.25) is 5.91 Å². The van der Waals surface area contributed by atoms with Gasteiger partial charge in [-0.15, -0.1) is 0 Å². The van der Waals surface area contributed by atoms with Gasteiger partial charge in [0.1, 0.15) is 0 Å². The first-order chi connectivity index (χ1) is 11.2. The molecule has 0 aliphatic carbocycles. The van der Waals surface area contributed by atoms with Crippen molar-refractivity contribution in [3.8, 4) is 0 Å². The highest BCUT2D eigenvalue weighted by Gasteiger charge is 2.10. The minimum Gasteiger partial charge on any atom is -0.324 e. The molecule has 4 heteroatoms. The number of amides is 1. The second-order valence-electron chi connectivity index (χ2n) is 5.22. The molecule has 4 nitrogen and oxygen atoms in total. The Balaban J connectivity index is 1.64. The fraction of sp³-hybridized carbons (Fsp3) is 0.105. The number of nitrogens with one attached hydrogen (secondary N) is 1. The lowest BCUT2D eigenvalue weighted by Crippen LogP contribution is -2.14. The van der Waals surface area contributed by atoms with Crippen LogP contribution in [0.15, 0.2) is 66.9 Å². The molecular formula is C19H16N2O2. The van der Waals surface area contributed by atoms with E-state index < -0.39 is 0 Å². The molecule has 0 fully saturated rings. The molecule has 0 saturated heterocycles. The van der Waals surface area contributed by atoms with Gasteiger partial charge in [-0.3, -0.25) is 14.6 Å². The SMILES string of the molecule is O=C(CCC(=O)c1ccccc1)Nc1cccc2cccnc12. The number of ketones is 1. The van der Waals surface area contributed by atoms with Crippen LogP contribution in [0.3, 0.4) is 0 Å². The van der Waals surface area contributed by atoms with Crippen LogP contribution < -0.4 is 5.32 Å². The lowest BCUT2D eigenvalue weighted by atomic mass is 10.1. The minimum absolute atomic E-state index is 0.0307. The fourth-order valence-electron chi connectivity index (χ4n) is 2.41. The molecule has 0 atom stereocenters. The Bertz CT molecular complexity index is 839. The van der Waals surface area contributed by atoms with Crippen molar-refractivity contribution < 1.29 is 9.59 Å². The number of carbonyl (C=O) groups is 2. The highest BCUT2D eigenvalue weighted by Crippen LogP contribution is 2.20. The maximum atomic E-state index is 12.1. The van der Waals surface area contributed by atoms with Crippen LogP contribution in [0.1, 0.15) is 23.2 Å². The second kappa shape index (κ2) is 6.83. The van der Waals surface area contributed by atoms with Gasteiger partial charge < -0.3 is 5.32 Å². The van der Waals surface area contributed by atoms with Gasteiger partial charge in [-0.25, -0.2) is 0 Å². The maximum Gasteiger partial charge on any atom is 0.224 e. The molecule has 1 heterocycles. The van der Waals surface area contributed by atoms with Gasteiger partial charge in [0.15, 0.2) is 5.78 Å². The van der Waals surface area contributed by atoms with Crippen LogP contribution in [-0.2, 0) is 4.79 Å². The van der Waals surface area contributed by atoms with Crippen LogP contribution in [0.5, 0.6) is 0 Å². The van der Waals surface area contributed by atoms with Gasteiger partial charge in [0.25, 0.3) is 0 Å². The summed E-state index contributed by atoms with van der Waals surface area (Å²) in [5.41, 5.74) is 2.05. The van der Waals surface area contributed by atoms with Crippen molar-refractivity contribution in [3.63, 3.8) is 0 Å². The average molecular weight is 304 g/mol. The third-order valence-corrected chi connectivity index (χ3v) is 3.58. The van der Waals surface area contributed by atoms with E-state index in [1.165, 1.54) is 0 Å². The predicted octanol–water partition coefficient (Wildman–Crippen LogP) is 3.84. The number of rotatable bonds is 5. The number of carbonyl (C=O) groups excluding carboxylic acids is 2. The number of anilines is 1. The third-order valence-electron chi connectivity index (χ3n) is 3.58. The molecule has 0 spiro atoms. The molecule has 0 saturated carbocycles. The zero-order valence-electron chi connectivity index (χ0n) is 12.5. The van der Waals surface area contributed by atoms with Crippen molar-refractivity contribution in [2.75, 3.05) is 5.32 Å². The summed E-state index contributed by atoms with van der Waals surface area (Å²) in [5, 5.41) is 3.80. The van der Waals surface area contributed by atoms with Gasteiger partial charge in [-0.2, -0.15) is 0 Å². The normalized spacial score (nSPS) is 10.4. The van der Waals surface area contributed by atoms with E-state index in [0.717, 1.165) is 10.9 Å². The van der Waals surface area contributed by atoms with Crippen molar-refractivity contribution in [3.05, 3.63) is 72.4 Å². The summed E-state index contributed by atoms with van der Waals surface area (Å²) in [7, 11) is 0. The van der Waals surface area contributed by atoms with E-state index in [4.69, 9.17) is 0 Å². The molecule has 0 bridgehead atoms. The summed E-state index contributed by atoms with van der Waals surface area (Å²) in [6.45, 7) is 0. The third kappa shape index (κ3) is 3.61. The number of nitrogens with zero attached hydrogens (tertiary/aromatic N) is 1. The number of Topliss-reactive ketones (excluding diaryl/α,β-unsaturated/α-hetero) is 1. The van der Waals surface area contributed by atoms with Crippen LogP contribution in [0.25, 0.3) is 10.9 Å². The molecule has 0 radical (unpaired) electrons. The largest absolute Gasteiger partial charge is 0.324 e. The van der Waals surface area contributed by atoms with E-state index in [-0.39, 0.29) is 24.5 Å². The van der Waals surface area contributed by atoms with Crippen LogP contribution in [0.4, 0.5) is 5.69 Å². The van der Waals surface area contributed by atoms with Gasteiger partial charge in [0.05, 0.1) is 11.2 Å². The lowest BCUT2D eigenvalue weighted by Gasteiger charge is -2.07. The highest BCUT2D eigenvalue weighted by atomic mass is 16.2. The number of para-hydroxylation sites is 1. The van der Waals surface area contributed by atoms with E-state index in [1.54, 1.807) is 18.3 Å². The quantitative estimate of drug-likeness (QED) is 0.729. The van der Waals surface area contributed by atoms with E-state index in [2.05, 4.69) is 10.3 Å². The summed E-state index contributed by atoms with van der Waals surface area (Å²) in [6.07, 6.45) is 2.03. The molecule has 114 valence electrons. The first-order valence-electron chi connectivity index (χ1n) is 7.46. The van der Waals surface area contributed by atoms with Gasteiger partial charge >= 0.3 is 0 Å². The van der Waals surface area contributed by atoms with Crippen molar-refractivity contribution >= 4 is 28.3 Å². The zero-order valence-corrected chi connectivity index (χ0v) is 12.5. The summed E-state index contributed by atoms with van der Waals surface area (Å²) in [6, 6.07) is 18.4. The summed E-state index contributed by atoms with van der Waals surface area (Å²) < 4.78 is 0. The molecule has 1 N–H and O–H groups in total. The second-order valence-corrected chi connectivity index (χ2v) is 5.22. The zero-order chi connectivity index (χ0) is 16.1. The maximum absolute atomic E-state index is 12.1. The predicted molar refractivity (Wildman–Crippen MR) is 90.4 cm³/mol. The number of aromatic nitrogens is 1. The Labute approximate surface area is 134 Å². The first kappa shape index (κ1) is 14.9. The van der Waals surface area contributed by atoms with Crippen LogP contribution in [0, 0.1) is 0 Å². The summed E-state index contributed by atoms with van der Waals surface area (Å²) in [4.78, 5) is 28.4. The molecule has 2 aromatic carbocycles. The lowest BCUT2D eigenvalue weighted by molar-refractivity contribution is -0.116. The Kier molecular flexibility index (Phi) is 4.43. The molecule has 1 aromatic heterocycles. The Morgan fingerprint density at radius 2 is 1.65 bits per heavy atom. The average Bonchev–Trinajstić information content (AvgIpc) is 2.61. The molecule has 23 heavy (non-hydrogen) atoms. The molecule has 0 aliphatic heterocycles. The summed E-state index contributed by atoms with van der Waals surface area (Å²) >= 11 is 0. The van der Waals surface area contributed by atoms with Gasteiger partial charge in [-0.05, 0) is 12.1 Å². The standard InChI is InChI=1S/C19H16N2O2/c22-17(14-6-2-1-3-7-14)11-12-18(23)21-16-10-4-8-15-9-5-13-20-19(15)16/h1-10,13H,11-12H2,(H,21,23). The van der Waals surface area contributed by atoms with Crippen LogP contribution >= 0.6 is 0 Å². The van der Waals surface area contributed by atoms with E-state index >= 15 is 0 Å². The molecular weight excluding hydrogens is 288 g/mol. The number of hydrogen-bond acceptors (Lipinski definition) is 3. The van der Waals surface area contributed by atoms with Gasteiger partial charge in [0, 0.05) is 30.0 Å². The number of fused-ring (bicyclic) bond motifs is 1. The Morgan fingerprint density at radius 3 is 2.48 bits per heavy atom. The number of hydrogen-bond donors (Lipinski definition) is 1. The van der Waals surface area contributed by atoms with Crippen molar-refractivity contribution in [1.29, 1.82) is 0 Å². The topological polar surface area (TPSA) is 59.1 Å². The summed E-state index contributed by atoms with van der Waals surface area (Å²) in [5.74, 6) is -0.218. The molecule has 0 aliphatic rings. The van der Waals surface area contributed by atoms with E-state index in [1.807, 2.05) is 48.5 Å². The molecule has 3 aromatic rings. The Morgan fingerprint density at radius 1 is 0.870 bits per heavy atom. The number of pyridine rings is 1. The van der Waals surface area contributed by atoms with Crippen molar-refractivity contribution in [1.82, 2.24) is 4.98 Å². The molecule has 3 rings (SSSR count). The molecule has 0 unspecified atom stereocenters. The highest BCUT2D eigenvalue weighted by molar-refractivity contribution is 6.03. The minimum atomic E-state index is -0.188. The first-order valence-corrected chi connectivity index (χ1v) is 7.46. The van der Waals surface area contributed by atoms with Gasteiger partial charge in [-0.1, -0.05) is 48.5 Å².